The molecule has 0 amide bonds. The quantitative estimate of drug-likeness (QED) is 0.606. The van der Waals surface area contributed by atoms with Crippen molar-refractivity contribution in [3.05, 3.63) is 0 Å². The first-order chi connectivity index (χ1) is 6.22. The zero-order valence-corrected chi connectivity index (χ0v) is 9.10. The normalized spacial score (nSPS) is 46.6. The van der Waals surface area contributed by atoms with Crippen molar-refractivity contribution >= 4 is 0 Å². The molecule has 13 heavy (non-hydrogen) atoms. The Morgan fingerprint density at radius 2 is 2.00 bits per heavy atom. The summed E-state index contributed by atoms with van der Waals surface area (Å²) in [5.74, 6) is 1.92. The molecule has 2 fully saturated rings. The molecule has 2 aliphatic rings. The summed E-state index contributed by atoms with van der Waals surface area (Å²) in [6, 6.07) is 0. The molecule has 0 radical (unpaired) electrons. The molecule has 0 bridgehead atoms. The summed E-state index contributed by atoms with van der Waals surface area (Å²) in [4.78, 5) is 0. The van der Waals surface area contributed by atoms with E-state index in [-0.39, 0.29) is 0 Å². The van der Waals surface area contributed by atoms with Gasteiger partial charge in [0.15, 0.2) is 0 Å². The van der Waals surface area contributed by atoms with E-state index in [1.165, 1.54) is 45.2 Å². The zero-order chi connectivity index (χ0) is 9.31. The second-order valence-electron chi connectivity index (χ2n) is 5.48. The van der Waals surface area contributed by atoms with Gasteiger partial charge in [0.05, 0.1) is 0 Å². The largest absolute Gasteiger partial charge is 0.316 e. The molecular weight excluding hydrogens is 158 g/mol. The van der Waals surface area contributed by atoms with E-state index in [1.807, 2.05) is 0 Å². The van der Waals surface area contributed by atoms with Gasteiger partial charge in [-0.3, -0.25) is 0 Å². The summed E-state index contributed by atoms with van der Waals surface area (Å²) in [6.07, 6.45) is 7.30. The molecule has 0 aromatic rings. The third kappa shape index (κ3) is 1.90. The van der Waals surface area contributed by atoms with E-state index in [4.69, 9.17) is 0 Å². The SMILES string of the molecule is CC1CCC2(CCCNC2)CC1C. The number of hydrogen-bond donors (Lipinski definition) is 1. The Bertz CT molecular complexity index is 170. The van der Waals surface area contributed by atoms with Gasteiger partial charge in [-0.2, -0.15) is 0 Å². The maximum absolute atomic E-state index is 3.58. The predicted molar refractivity (Wildman–Crippen MR) is 56.7 cm³/mol. The van der Waals surface area contributed by atoms with Crippen molar-refractivity contribution in [2.75, 3.05) is 13.1 Å². The van der Waals surface area contributed by atoms with Crippen molar-refractivity contribution in [3.8, 4) is 0 Å². The maximum Gasteiger partial charge on any atom is 0.000792 e. The Morgan fingerprint density at radius 1 is 1.15 bits per heavy atom. The molecule has 1 aliphatic heterocycles. The minimum atomic E-state index is 0.699. The number of hydrogen-bond acceptors (Lipinski definition) is 1. The summed E-state index contributed by atoms with van der Waals surface area (Å²) < 4.78 is 0. The monoisotopic (exact) mass is 181 g/mol. The highest BCUT2D eigenvalue weighted by molar-refractivity contribution is 4.91. The van der Waals surface area contributed by atoms with Crippen molar-refractivity contribution in [1.82, 2.24) is 5.32 Å². The van der Waals surface area contributed by atoms with E-state index in [0.29, 0.717) is 5.41 Å². The lowest BCUT2D eigenvalue weighted by Crippen LogP contribution is -2.44. The molecule has 0 aromatic heterocycles. The lowest BCUT2D eigenvalue weighted by Gasteiger charge is -2.45. The molecule has 1 nitrogen and oxygen atoms in total. The molecule has 0 aromatic carbocycles. The maximum atomic E-state index is 3.58. The van der Waals surface area contributed by atoms with Crippen molar-refractivity contribution in [3.63, 3.8) is 0 Å². The molecule has 2 rings (SSSR count). The molecule has 3 atom stereocenters. The fourth-order valence-corrected chi connectivity index (χ4v) is 3.22. The highest BCUT2D eigenvalue weighted by Crippen LogP contribution is 2.45. The lowest BCUT2D eigenvalue weighted by atomic mass is 9.63. The number of nitrogens with one attached hydrogen (secondary N) is 1. The first kappa shape index (κ1) is 9.51. The topological polar surface area (TPSA) is 12.0 Å². The summed E-state index contributed by atoms with van der Waals surface area (Å²) in [7, 11) is 0. The highest BCUT2D eigenvalue weighted by Gasteiger charge is 2.38. The Hall–Kier alpha value is -0.0400. The van der Waals surface area contributed by atoms with Crippen molar-refractivity contribution in [1.29, 1.82) is 0 Å². The predicted octanol–water partition coefficient (Wildman–Crippen LogP) is 2.81. The van der Waals surface area contributed by atoms with Gasteiger partial charge in [0.2, 0.25) is 0 Å². The first-order valence-electron chi connectivity index (χ1n) is 5.93. The van der Waals surface area contributed by atoms with E-state index >= 15 is 0 Å². The van der Waals surface area contributed by atoms with E-state index < -0.39 is 0 Å². The summed E-state index contributed by atoms with van der Waals surface area (Å²) >= 11 is 0. The van der Waals surface area contributed by atoms with Crippen LogP contribution in [-0.2, 0) is 0 Å². The Labute approximate surface area is 82.3 Å². The van der Waals surface area contributed by atoms with Crippen LogP contribution in [0.3, 0.4) is 0 Å². The van der Waals surface area contributed by atoms with Crippen LogP contribution in [0.25, 0.3) is 0 Å². The van der Waals surface area contributed by atoms with Crippen molar-refractivity contribution in [2.24, 2.45) is 17.3 Å². The number of rotatable bonds is 0. The van der Waals surface area contributed by atoms with Gasteiger partial charge >= 0.3 is 0 Å². The van der Waals surface area contributed by atoms with E-state index in [1.54, 1.807) is 0 Å². The fourth-order valence-electron chi connectivity index (χ4n) is 3.22. The molecule has 1 N–H and O–H groups in total. The molecule has 76 valence electrons. The zero-order valence-electron chi connectivity index (χ0n) is 9.10. The standard InChI is InChI=1S/C12H23N/c1-10-4-6-12(8-11(10)2)5-3-7-13-9-12/h10-11,13H,3-9H2,1-2H3. The molecule has 1 heterocycles. The van der Waals surface area contributed by atoms with Crippen molar-refractivity contribution < 1.29 is 0 Å². The average Bonchev–Trinajstić information content (AvgIpc) is 2.14. The van der Waals surface area contributed by atoms with Crippen molar-refractivity contribution in [2.45, 2.75) is 46.0 Å². The third-order valence-electron chi connectivity index (χ3n) is 4.42. The summed E-state index contributed by atoms with van der Waals surface area (Å²) in [5, 5.41) is 3.58. The molecule has 1 saturated heterocycles. The van der Waals surface area contributed by atoms with Crippen LogP contribution in [-0.4, -0.2) is 13.1 Å². The molecular formula is C12H23N. The van der Waals surface area contributed by atoms with Crippen LogP contribution in [0, 0.1) is 17.3 Å². The Morgan fingerprint density at radius 3 is 2.62 bits per heavy atom. The lowest BCUT2D eigenvalue weighted by molar-refractivity contribution is 0.0762. The molecule has 1 heteroatoms. The molecule has 1 aliphatic carbocycles. The fraction of sp³-hybridized carbons (Fsp3) is 1.00. The van der Waals surface area contributed by atoms with Gasteiger partial charge in [-0.1, -0.05) is 13.8 Å². The van der Waals surface area contributed by atoms with Gasteiger partial charge in [0.1, 0.15) is 0 Å². The van der Waals surface area contributed by atoms with Crippen LogP contribution in [0.15, 0.2) is 0 Å². The van der Waals surface area contributed by atoms with Crippen LogP contribution in [0.4, 0.5) is 0 Å². The van der Waals surface area contributed by atoms with Crippen LogP contribution in [0.2, 0.25) is 0 Å². The highest BCUT2D eigenvalue weighted by atomic mass is 14.9. The van der Waals surface area contributed by atoms with Crippen LogP contribution in [0.1, 0.15) is 46.0 Å². The number of piperidine rings is 1. The Balaban J connectivity index is 1.99. The Kier molecular flexibility index (Phi) is 2.64. The second kappa shape index (κ2) is 3.61. The van der Waals surface area contributed by atoms with Gasteiger partial charge in [-0.05, 0) is 55.9 Å². The van der Waals surface area contributed by atoms with Gasteiger partial charge < -0.3 is 5.32 Å². The molecule has 3 unspecified atom stereocenters. The van der Waals surface area contributed by atoms with Gasteiger partial charge in [0, 0.05) is 6.54 Å². The van der Waals surface area contributed by atoms with Gasteiger partial charge in [0.25, 0.3) is 0 Å². The van der Waals surface area contributed by atoms with Gasteiger partial charge in [-0.25, -0.2) is 0 Å². The summed E-state index contributed by atoms with van der Waals surface area (Å²) in [5.41, 5.74) is 0.699. The first-order valence-corrected chi connectivity index (χ1v) is 5.93. The van der Waals surface area contributed by atoms with Crippen LogP contribution in [0.5, 0.6) is 0 Å². The van der Waals surface area contributed by atoms with Crippen LogP contribution < -0.4 is 5.32 Å². The van der Waals surface area contributed by atoms with E-state index in [0.717, 1.165) is 11.8 Å². The third-order valence-corrected chi connectivity index (χ3v) is 4.42. The molecule has 1 saturated carbocycles. The van der Waals surface area contributed by atoms with E-state index in [2.05, 4.69) is 19.2 Å². The van der Waals surface area contributed by atoms with Crippen LogP contribution >= 0.6 is 0 Å². The van der Waals surface area contributed by atoms with E-state index in [9.17, 15) is 0 Å². The minimum absolute atomic E-state index is 0.699. The average molecular weight is 181 g/mol. The smallest absolute Gasteiger partial charge is 0.000792 e. The minimum Gasteiger partial charge on any atom is -0.316 e. The summed E-state index contributed by atoms with van der Waals surface area (Å²) in [6.45, 7) is 7.42. The molecule has 1 spiro atoms. The second-order valence-corrected chi connectivity index (χ2v) is 5.48. The van der Waals surface area contributed by atoms with Gasteiger partial charge in [-0.15, -0.1) is 0 Å².